The third-order valence-corrected chi connectivity index (χ3v) is 2.62. The molecule has 2 aromatic rings. The van der Waals surface area contributed by atoms with Crippen LogP contribution in [0.4, 0.5) is 5.82 Å². The van der Waals surface area contributed by atoms with E-state index in [2.05, 4.69) is 5.10 Å². The Morgan fingerprint density at radius 1 is 1.20 bits per heavy atom. The molecule has 0 unspecified atom stereocenters. The molecule has 15 heavy (non-hydrogen) atoms. The number of nitrogens with zero attached hydrogens (tertiary/aromatic N) is 2. The molecule has 2 rings (SSSR count). The van der Waals surface area contributed by atoms with Crippen LogP contribution < -0.4 is 5.73 Å². The van der Waals surface area contributed by atoms with E-state index in [0.29, 0.717) is 22.4 Å². The van der Waals surface area contributed by atoms with Crippen molar-refractivity contribution in [3.63, 3.8) is 0 Å². The van der Waals surface area contributed by atoms with Crippen molar-refractivity contribution < 1.29 is 0 Å². The van der Waals surface area contributed by atoms with Crippen LogP contribution in [0.5, 0.6) is 0 Å². The third kappa shape index (κ3) is 2.25. The molecule has 0 aliphatic carbocycles. The maximum absolute atomic E-state index is 5.79. The molecule has 0 spiro atoms. The first-order chi connectivity index (χ1) is 7.16. The number of benzene rings is 1. The Morgan fingerprint density at radius 2 is 1.87 bits per heavy atom. The van der Waals surface area contributed by atoms with Crippen LogP contribution in [0.25, 0.3) is 0 Å². The molecule has 0 saturated carbocycles. The van der Waals surface area contributed by atoms with E-state index in [1.165, 1.54) is 6.20 Å². The Bertz CT molecular complexity index is 462. The van der Waals surface area contributed by atoms with E-state index in [1.54, 1.807) is 4.68 Å². The number of aromatic nitrogens is 2. The van der Waals surface area contributed by atoms with Crippen LogP contribution in [0.2, 0.25) is 10.0 Å². The predicted molar refractivity (Wildman–Crippen MR) is 62.2 cm³/mol. The van der Waals surface area contributed by atoms with Crippen LogP contribution >= 0.6 is 23.2 Å². The van der Waals surface area contributed by atoms with Gasteiger partial charge >= 0.3 is 0 Å². The maximum atomic E-state index is 5.79. The van der Waals surface area contributed by atoms with Gasteiger partial charge in [0.15, 0.2) is 0 Å². The van der Waals surface area contributed by atoms with Crippen LogP contribution in [0.3, 0.4) is 0 Å². The molecule has 0 atom stereocenters. The molecule has 1 aromatic heterocycles. The van der Waals surface area contributed by atoms with E-state index in [9.17, 15) is 0 Å². The molecular formula is C10H9Cl2N3. The first-order valence-electron chi connectivity index (χ1n) is 4.38. The molecule has 5 heteroatoms. The molecule has 0 fully saturated rings. The van der Waals surface area contributed by atoms with Crippen LogP contribution in [-0.2, 0) is 6.54 Å². The molecule has 0 saturated heterocycles. The third-order valence-electron chi connectivity index (χ3n) is 2.08. The zero-order chi connectivity index (χ0) is 10.8. The van der Waals surface area contributed by atoms with E-state index >= 15 is 0 Å². The van der Waals surface area contributed by atoms with Gasteiger partial charge in [0.25, 0.3) is 0 Å². The van der Waals surface area contributed by atoms with E-state index in [4.69, 9.17) is 28.9 Å². The molecule has 0 amide bonds. The molecular weight excluding hydrogens is 233 g/mol. The van der Waals surface area contributed by atoms with Crippen molar-refractivity contribution in [2.45, 2.75) is 6.54 Å². The molecule has 78 valence electrons. The highest BCUT2D eigenvalue weighted by Gasteiger charge is 2.04. The summed E-state index contributed by atoms with van der Waals surface area (Å²) in [5.41, 5.74) is 6.80. The summed E-state index contributed by atoms with van der Waals surface area (Å²) in [5, 5.41) is 5.25. The lowest BCUT2D eigenvalue weighted by Crippen LogP contribution is -2.05. The summed E-state index contributed by atoms with van der Waals surface area (Å²) in [6.45, 7) is 0.593. The SMILES string of the molecule is Nc1c(Cl)cnn1Cc1ccc(Cl)cc1. The van der Waals surface area contributed by atoms with Gasteiger partial charge in [-0.25, -0.2) is 4.68 Å². The second kappa shape index (κ2) is 4.13. The first-order valence-corrected chi connectivity index (χ1v) is 5.13. The highest BCUT2D eigenvalue weighted by Crippen LogP contribution is 2.18. The summed E-state index contributed by atoms with van der Waals surface area (Å²) in [5.74, 6) is 0.478. The van der Waals surface area contributed by atoms with E-state index in [0.717, 1.165) is 5.56 Å². The number of nitrogen functional groups attached to an aromatic ring is 1. The Kier molecular flexibility index (Phi) is 2.84. The maximum Gasteiger partial charge on any atom is 0.140 e. The number of rotatable bonds is 2. The Hall–Kier alpha value is -1.19. The minimum absolute atomic E-state index is 0.476. The van der Waals surface area contributed by atoms with Crippen molar-refractivity contribution in [1.82, 2.24) is 9.78 Å². The minimum Gasteiger partial charge on any atom is -0.383 e. The zero-order valence-electron chi connectivity index (χ0n) is 7.82. The van der Waals surface area contributed by atoms with Gasteiger partial charge in [-0.15, -0.1) is 0 Å². The van der Waals surface area contributed by atoms with E-state index < -0.39 is 0 Å². The van der Waals surface area contributed by atoms with Crippen molar-refractivity contribution in [1.29, 1.82) is 0 Å². The van der Waals surface area contributed by atoms with Crippen LogP contribution in [-0.4, -0.2) is 9.78 Å². The summed E-state index contributed by atoms with van der Waals surface area (Å²) in [6.07, 6.45) is 1.53. The second-order valence-electron chi connectivity index (χ2n) is 3.16. The number of hydrogen-bond acceptors (Lipinski definition) is 2. The molecule has 0 aliphatic heterocycles. The fraction of sp³-hybridized carbons (Fsp3) is 0.100. The number of hydrogen-bond donors (Lipinski definition) is 1. The first kappa shape index (κ1) is 10.3. The molecule has 3 nitrogen and oxygen atoms in total. The van der Waals surface area contributed by atoms with Crippen molar-refractivity contribution in [3.05, 3.63) is 46.1 Å². The number of anilines is 1. The zero-order valence-corrected chi connectivity index (χ0v) is 9.33. The van der Waals surface area contributed by atoms with Gasteiger partial charge in [-0.05, 0) is 17.7 Å². The Balaban J connectivity index is 2.22. The van der Waals surface area contributed by atoms with Gasteiger partial charge in [-0.2, -0.15) is 5.10 Å². The number of halogens is 2. The summed E-state index contributed by atoms with van der Waals surface area (Å²) in [4.78, 5) is 0. The quantitative estimate of drug-likeness (QED) is 0.879. The van der Waals surface area contributed by atoms with Crippen molar-refractivity contribution >= 4 is 29.0 Å². The summed E-state index contributed by atoms with van der Waals surface area (Å²) >= 11 is 11.6. The van der Waals surface area contributed by atoms with Crippen LogP contribution in [0.15, 0.2) is 30.5 Å². The normalized spacial score (nSPS) is 10.5. The lowest BCUT2D eigenvalue weighted by Gasteiger charge is -2.04. The molecule has 2 N–H and O–H groups in total. The monoisotopic (exact) mass is 241 g/mol. The standard InChI is InChI=1S/C10H9Cl2N3/c11-8-3-1-7(2-4-8)6-15-10(13)9(12)5-14-15/h1-5H,6,13H2. The van der Waals surface area contributed by atoms with Crippen molar-refractivity contribution in [2.24, 2.45) is 0 Å². The lowest BCUT2D eigenvalue weighted by molar-refractivity contribution is 0.697. The van der Waals surface area contributed by atoms with E-state index in [1.807, 2.05) is 24.3 Å². The highest BCUT2D eigenvalue weighted by atomic mass is 35.5. The van der Waals surface area contributed by atoms with Crippen LogP contribution in [0, 0.1) is 0 Å². The van der Waals surface area contributed by atoms with Gasteiger partial charge < -0.3 is 5.73 Å². The molecule has 0 aliphatic rings. The topological polar surface area (TPSA) is 43.8 Å². The minimum atomic E-state index is 0.476. The van der Waals surface area contributed by atoms with Gasteiger partial charge in [-0.3, -0.25) is 0 Å². The predicted octanol–water partition coefficient (Wildman–Crippen LogP) is 2.82. The molecule has 1 heterocycles. The summed E-state index contributed by atoms with van der Waals surface area (Å²) in [6, 6.07) is 7.52. The van der Waals surface area contributed by atoms with Crippen molar-refractivity contribution in [3.8, 4) is 0 Å². The average Bonchev–Trinajstić information content (AvgIpc) is 2.53. The van der Waals surface area contributed by atoms with Crippen LogP contribution in [0.1, 0.15) is 5.56 Å². The largest absolute Gasteiger partial charge is 0.383 e. The van der Waals surface area contributed by atoms with Gasteiger partial charge in [0.1, 0.15) is 10.8 Å². The lowest BCUT2D eigenvalue weighted by atomic mass is 10.2. The molecule has 1 aromatic carbocycles. The Morgan fingerprint density at radius 3 is 2.40 bits per heavy atom. The average molecular weight is 242 g/mol. The Labute approximate surface area is 97.4 Å². The second-order valence-corrected chi connectivity index (χ2v) is 4.01. The molecule has 0 bridgehead atoms. The van der Waals surface area contributed by atoms with Gasteiger partial charge in [0.2, 0.25) is 0 Å². The summed E-state index contributed by atoms with van der Waals surface area (Å²) < 4.78 is 1.64. The van der Waals surface area contributed by atoms with E-state index in [-0.39, 0.29) is 0 Å². The van der Waals surface area contributed by atoms with Gasteiger partial charge in [0, 0.05) is 5.02 Å². The van der Waals surface area contributed by atoms with Crippen molar-refractivity contribution in [2.75, 3.05) is 5.73 Å². The fourth-order valence-electron chi connectivity index (χ4n) is 1.26. The summed E-state index contributed by atoms with van der Waals surface area (Å²) in [7, 11) is 0. The number of nitrogens with two attached hydrogens (primary N) is 1. The highest BCUT2D eigenvalue weighted by molar-refractivity contribution is 6.32. The van der Waals surface area contributed by atoms with Gasteiger partial charge in [0.05, 0.1) is 12.7 Å². The van der Waals surface area contributed by atoms with Gasteiger partial charge in [-0.1, -0.05) is 35.3 Å². The molecule has 0 radical (unpaired) electrons. The fourth-order valence-corrected chi connectivity index (χ4v) is 1.53. The smallest absolute Gasteiger partial charge is 0.140 e.